The number of para-hydroxylation sites is 1. The van der Waals surface area contributed by atoms with E-state index in [1.165, 1.54) is 17.3 Å². The maximum absolute atomic E-state index is 12.9. The summed E-state index contributed by atoms with van der Waals surface area (Å²) in [7, 11) is 0. The molecule has 4 rings (SSSR count). The molecule has 3 aromatic carbocycles. The molecule has 1 aliphatic rings. The van der Waals surface area contributed by atoms with E-state index in [0.29, 0.717) is 23.5 Å². The van der Waals surface area contributed by atoms with Crippen molar-refractivity contribution in [3.63, 3.8) is 0 Å². The number of hydrogen-bond donors (Lipinski definition) is 2. The number of carbonyl (C=O) groups excluding carboxylic acids is 3. The van der Waals surface area contributed by atoms with Gasteiger partial charge in [0.25, 0.3) is 5.91 Å². The molecule has 0 fully saturated rings. The normalized spacial score (nSPS) is 13.1. The van der Waals surface area contributed by atoms with E-state index in [1.807, 2.05) is 71.6 Å². The second-order valence-corrected chi connectivity index (χ2v) is 9.12. The van der Waals surface area contributed by atoms with Crippen LogP contribution in [0.5, 0.6) is 0 Å². The van der Waals surface area contributed by atoms with Crippen LogP contribution in [0.15, 0.2) is 83.8 Å². The third-order valence-electron chi connectivity index (χ3n) is 5.72. The highest BCUT2D eigenvalue weighted by molar-refractivity contribution is 8.00. The molecule has 7 heteroatoms. The second-order valence-electron chi connectivity index (χ2n) is 8.11. The molecule has 0 aliphatic carbocycles. The summed E-state index contributed by atoms with van der Waals surface area (Å²) < 4.78 is 0. The van der Waals surface area contributed by atoms with Crippen molar-refractivity contribution in [3.05, 3.63) is 95.6 Å². The first kappa shape index (κ1) is 23.6. The number of thioether (sulfide) groups is 1. The van der Waals surface area contributed by atoms with E-state index in [9.17, 15) is 14.4 Å². The van der Waals surface area contributed by atoms with Gasteiger partial charge in [0.2, 0.25) is 11.8 Å². The number of nitrogens with zero attached hydrogens (tertiary/aromatic N) is 1. The minimum absolute atomic E-state index is 0.0128. The van der Waals surface area contributed by atoms with Crippen molar-refractivity contribution >= 4 is 35.2 Å². The quantitative estimate of drug-likeness (QED) is 0.488. The molecule has 0 radical (unpaired) electrons. The maximum Gasteiger partial charge on any atom is 0.253 e. The Kier molecular flexibility index (Phi) is 7.65. The molecule has 3 aromatic rings. The van der Waals surface area contributed by atoms with E-state index >= 15 is 0 Å². The van der Waals surface area contributed by atoms with E-state index in [4.69, 9.17) is 0 Å². The lowest BCUT2D eigenvalue weighted by Crippen LogP contribution is -2.44. The predicted octanol–water partition coefficient (Wildman–Crippen LogP) is 3.80. The molecule has 1 heterocycles. The number of rotatable bonds is 8. The lowest BCUT2D eigenvalue weighted by Gasteiger charge is -2.18. The molecular formula is C27H27N3O3S. The van der Waals surface area contributed by atoms with Crippen molar-refractivity contribution in [2.75, 3.05) is 17.2 Å². The average molecular weight is 474 g/mol. The summed E-state index contributed by atoms with van der Waals surface area (Å²) >= 11 is 1.34. The van der Waals surface area contributed by atoms with Gasteiger partial charge in [-0.3, -0.25) is 14.4 Å². The van der Waals surface area contributed by atoms with E-state index < -0.39 is 6.04 Å². The Morgan fingerprint density at radius 2 is 1.65 bits per heavy atom. The number of anilines is 1. The van der Waals surface area contributed by atoms with Crippen molar-refractivity contribution < 1.29 is 14.4 Å². The van der Waals surface area contributed by atoms with Crippen molar-refractivity contribution in [2.45, 2.75) is 30.8 Å². The van der Waals surface area contributed by atoms with Gasteiger partial charge < -0.3 is 15.5 Å². The molecule has 0 bridgehead atoms. The van der Waals surface area contributed by atoms with Crippen molar-refractivity contribution in [2.24, 2.45) is 0 Å². The van der Waals surface area contributed by atoms with Gasteiger partial charge in [-0.15, -0.1) is 11.8 Å². The van der Waals surface area contributed by atoms with Crippen LogP contribution in [0, 0.1) is 0 Å². The Hall–Kier alpha value is -3.58. The van der Waals surface area contributed by atoms with E-state index in [1.54, 1.807) is 19.1 Å². The van der Waals surface area contributed by atoms with Crippen LogP contribution < -0.4 is 15.5 Å². The molecule has 1 atom stereocenters. The van der Waals surface area contributed by atoms with E-state index in [-0.39, 0.29) is 23.5 Å². The van der Waals surface area contributed by atoms with Crippen LogP contribution in [0.2, 0.25) is 0 Å². The highest BCUT2D eigenvalue weighted by atomic mass is 32.2. The first-order valence-corrected chi connectivity index (χ1v) is 12.2. The van der Waals surface area contributed by atoms with Crippen molar-refractivity contribution in [1.29, 1.82) is 0 Å². The number of benzene rings is 3. The van der Waals surface area contributed by atoms with Gasteiger partial charge in [0, 0.05) is 23.7 Å². The van der Waals surface area contributed by atoms with Crippen LogP contribution >= 0.6 is 11.8 Å². The first-order chi connectivity index (χ1) is 16.5. The largest absolute Gasteiger partial charge is 0.350 e. The summed E-state index contributed by atoms with van der Waals surface area (Å²) in [5.41, 5.74) is 3.58. The monoisotopic (exact) mass is 473 g/mol. The van der Waals surface area contributed by atoms with Crippen LogP contribution in [-0.2, 0) is 22.6 Å². The average Bonchev–Trinajstić information content (AvgIpc) is 3.31. The Morgan fingerprint density at radius 3 is 2.47 bits per heavy atom. The van der Waals surface area contributed by atoms with Gasteiger partial charge >= 0.3 is 0 Å². The van der Waals surface area contributed by atoms with Crippen molar-refractivity contribution in [3.8, 4) is 0 Å². The fraction of sp³-hybridized carbons (Fsp3) is 0.222. The van der Waals surface area contributed by atoms with Gasteiger partial charge in [0.15, 0.2) is 0 Å². The summed E-state index contributed by atoms with van der Waals surface area (Å²) in [4.78, 5) is 40.8. The van der Waals surface area contributed by atoms with E-state index in [2.05, 4.69) is 10.6 Å². The topological polar surface area (TPSA) is 78.5 Å². The summed E-state index contributed by atoms with van der Waals surface area (Å²) in [6, 6.07) is 24.0. The fourth-order valence-electron chi connectivity index (χ4n) is 3.87. The SMILES string of the molecule is CC(NC(=O)c1ccccc1SCC(=O)N1CCc2ccccc21)C(=O)NCc1ccccc1. The molecule has 0 aromatic heterocycles. The van der Waals surface area contributed by atoms with E-state index in [0.717, 1.165) is 17.7 Å². The molecule has 34 heavy (non-hydrogen) atoms. The van der Waals surface area contributed by atoms with Gasteiger partial charge in [0.05, 0.1) is 11.3 Å². The zero-order chi connectivity index (χ0) is 23.9. The highest BCUT2D eigenvalue weighted by Crippen LogP contribution is 2.29. The molecule has 174 valence electrons. The van der Waals surface area contributed by atoms with Gasteiger partial charge in [-0.2, -0.15) is 0 Å². The van der Waals surface area contributed by atoms with Crippen LogP contribution in [0.1, 0.15) is 28.4 Å². The molecule has 6 nitrogen and oxygen atoms in total. The summed E-state index contributed by atoms with van der Waals surface area (Å²) in [6.07, 6.45) is 0.857. The maximum atomic E-state index is 12.9. The van der Waals surface area contributed by atoms with Gasteiger partial charge in [0.1, 0.15) is 6.04 Å². The lowest BCUT2D eigenvalue weighted by molar-refractivity contribution is -0.122. The first-order valence-electron chi connectivity index (χ1n) is 11.3. The predicted molar refractivity (Wildman–Crippen MR) is 135 cm³/mol. The van der Waals surface area contributed by atoms with Crippen LogP contribution in [0.4, 0.5) is 5.69 Å². The summed E-state index contributed by atoms with van der Waals surface area (Å²) in [5, 5.41) is 5.61. The Balaban J connectivity index is 1.33. The highest BCUT2D eigenvalue weighted by Gasteiger charge is 2.25. The molecule has 1 aliphatic heterocycles. The lowest BCUT2D eigenvalue weighted by atomic mass is 10.2. The molecule has 1 unspecified atom stereocenters. The molecule has 0 saturated heterocycles. The van der Waals surface area contributed by atoms with Crippen LogP contribution in [0.25, 0.3) is 0 Å². The zero-order valence-corrected chi connectivity index (χ0v) is 19.8. The Bertz CT molecular complexity index is 1180. The van der Waals surface area contributed by atoms with Crippen LogP contribution in [-0.4, -0.2) is 36.1 Å². The molecule has 2 N–H and O–H groups in total. The van der Waals surface area contributed by atoms with Crippen molar-refractivity contribution in [1.82, 2.24) is 10.6 Å². The molecule has 3 amide bonds. The number of amides is 3. The van der Waals surface area contributed by atoms with Crippen LogP contribution in [0.3, 0.4) is 0 Å². The van der Waals surface area contributed by atoms with Gasteiger partial charge in [-0.05, 0) is 42.7 Å². The fourth-order valence-corrected chi connectivity index (χ4v) is 4.80. The molecule has 0 spiro atoms. The summed E-state index contributed by atoms with van der Waals surface area (Å²) in [5.74, 6) is -0.361. The number of carbonyl (C=O) groups is 3. The number of nitrogens with one attached hydrogen (secondary N) is 2. The standard InChI is InChI=1S/C27H27N3O3S/c1-19(26(32)28-17-20-9-3-2-4-10-20)29-27(33)22-12-6-8-14-24(22)34-18-25(31)30-16-15-21-11-5-7-13-23(21)30/h2-14,19H,15-18H2,1H3,(H,28,32)(H,29,33). The zero-order valence-electron chi connectivity index (χ0n) is 19.0. The second kappa shape index (κ2) is 11.0. The van der Waals surface area contributed by atoms with Gasteiger partial charge in [-0.25, -0.2) is 0 Å². The van der Waals surface area contributed by atoms with Gasteiger partial charge in [-0.1, -0.05) is 60.7 Å². The third-order valence-corrected chi connectivity index (χ3v) is 6.78. The smallest absolute Gasteiger partial charge is 0.253 e. The molecule has 0 saturated carbocycles. The Morgan fingerprint density at radius 1 is 0.941 bits per heavy atom. The minimum Gasteiger partial charge on any atom is -0.350 e. The number of fused-ring (bicyclic) bond motifs is 1. The third kappa shape index (κ3) is 5.66. The summed E-state index contributed by atoms with van der Waals surface area (Å²) in [6.45, 7) is 2.73. The number of hydrogen-bond acceptors (Lipinski definition) is 4. The minimum atomic E-state index is -0.697. The Labute approximate surface area is 203 Å². The molecular weight excluding hydrogens is 446 g/mol.